The summed E-state index contributed by atoms with van der Waals surface area (Å²) in [6, 6.07) is 4.46. The van der Waals surface area contributed by atoms with Crippen molar-refractivity contribution in [3.05, 3.63) is 47.0 Å². The summed E-state index contributed by atoms with van der Waals surface area (Å²) in [5.74, 6) is -1.09. The van der Waals surface area contributed by atoms with Gasteiger partial charge in [-0.05, 0) is 18.1 Å². The Bertz CT molecular complexity index is 523. The van der Waals surface area contributed by atoms with E-state index in [0.29, 0.717) is 13.0 Å². The third-order valence-electron chi connectivity index (χ3n) is 3.00. The molecular weight excluding hydrogens is 259 g/mol. The van der Waals surface area contributed by atoms with Crippen LogP contribution in [0.3, 0.4) is 0 Å². The molecule has 2 N–H and O–H groups in total. The average molecular weight is 271 g/mol. The second-order valence-corrected chi connectivity index (χ2v) is 4.26. The number of hydrogen-bond donors (Lipinski definition) is 2. The smallest absolute Gasteiger partial charge is 0.416 e. The number of carboxylic acids is 1. The van der Waals surface area contributed by atoms with Gasteiger partial charge in [0.05, 0.1) is 11.6 Å². The Labute approximate surface area is 107 Å². The van der Waals surface area contributed by atoms with E-state index in [2.05, 4.69) is 5.32 Å². The number of alkyl halides is 3. The molecule has 0 saturated heterocycles. The zero-order chi connectivity index (χ0) is 14.0. The van der Waals surface area contributed by atoms with Crippen LogP contribution in [0, 0.1) is 0 Å². The molecule has 102 valence electrons. The minimum Gasteiger partial charge on any atom is -0.478 e. The molecule has 1 aliphatic rings. The summed E-state index contributed by atoms with van der Waals surface area (Å²) in [5.41, 5.74) is -0.551. The molecule has 0 spiro atoms. The topological polar surface area (TPSA) is 49.3 Å². The number of benzene rings is 1. The van der Waals surface area contributed by atoms with Gasteiger partial charge < -0.3 is 10.4 Å². The van der Waals surface area contributed by atoms with Crippen LogP contribution in [-0.4, -0.2) is 17.6 Å². The van der Waals surface area contributed by atoms with E-state index in [1.165, 1.54) is 24.3 Å². The van der Waals surface area contributed by atoms with Crippen molar-refractivity contribution >= 4 is 5.97 Å². The van der Waals surface area contributed by atoms with Gasteiger partial charge in [-0.2, -0.15) is 13.2 Å². The van der Waals surface area contributed by atoms with Crippen molar-refractivity contribution in [1.29, 1.82) is 0 Å². The number of nitrogens with one attached hydrogen (secondary N) is 1. The SMILES string of the molecule is O=C(O)C1=CC(c2ccccc2C(F)(F)F)NCC1. The average Bonchev–Trinajstić information content (AvgIpc) is 2.38. The molecule has 0 aliphatic carbocycles. The fourth-order valence-corrected chi connectivity index (χ4v) is 2.11. The molecule has 1 atom stereocenters. The highest BCUT2D eigenvalue weighted by Gasteiger charge is 2.35. The largest absolute Gasteiger partial charge is 0.478 e. The van der Waals surface area contributed by atoms with Gasteiger partial charge in [0.15, 0.2) is 0 Å². The molecule has 1 heterocycles. The van der Waals surface area contributed by atoms with Crippen molar-refractivity contribution in [2.75, 3.05) is 6.54 Å². The minimum absolute atomic E-state index is 0.0495. The number of rotatable bonds is 2. The molecule has 2 rings (SSSR count). The van der Waals surface area contributed by atoms with Crippen molar-refractivity contribution < 1.29 is 23.1 Å². The van der Waals surface area contributed by atoms with Crippen LogP contribution in [-0.2, 0) is 11.0 Å². The van der Waals surface area contributed by atoms with E-state index < -0.39 is 23.8 Å². The highest BCUT2D eigenvalue weighted by atomic mass is 19.4. The van der Waals surface area contributed by atoms with Crippen molar-refractivity contribution in [2.24, 2.45) is 0 Å². The maximum Gasteiger partial charge on any atom is 0.416 e. The molecule has 1 aliphatic heterocycles. The maximum atomic E-state index is 12.9. The highest BCUT2D eigenvalue weighted by Crippen LogP contribution is 2.35. The van der Waals surface area contributed by atoms with Crippen LogP contribution in [0.5, 0.6) is 0 Å². The fraction of sp³-hybridized carbons (Fsp3) is 0.308. The van der Waals surface area contributed by atoms with Crippen molar-refractivity contribution in [1.82, 2.24) is 5.32 Å². The summed E-state index contributed by atoms with van der Waals surface area (Å²) in [4.78, 5) is 10.9. The van der Waals surface area contributed by atoms with Crippen LogP contribution in [0.1, 0.15) is 23.6 Å². The predicted octanol–water partition coefficient (Wildman–Crippen LogP) is 2.75. The van der Waals surface area contributed by atoms with Gasteiger partial charge in [0.1, 0.15) is 0 Å². The van der Waals surface area contributed by atoms with Crippen LogP contribution in [0.4, 0.5) is 13.2 Å². The van der Waals surface area contributed by atoms with Crippen LogP contribution in [0.25, 0.3) is 0 Å². The van der Waals surface area contributed by atoms with Gasteiger partial charge >= 0.3 is 12.1 Å². The van der Waals surface area contributed by atoms with Gasteiger partial charge in [0.25, 0.3) is 0 Å². The summed E-state index contributed by atoms with van der Waals surface area (Å²) in [5, 5.41) is 11.8. The van der Waals surface area contributed by atoms with Gasteiger partial charge in [-0.1, -0.05) is 24.3 Å². The fourth-order valence-electron chi connectivity index (χ4n) is 2.11. The van der Waals surface area contributed by atoms with Gasteiger partial charge in [-0.25, -0.2) is 4.79 Å². The summed E-state index contributed by atoms with van der Waals surface area (Å²) in [6.45, 7) is 0.342. The van der Waals surface area contributed by atoms with Gasteiger partial charge in [0, 0.05) is 12.1 Å². The molecule has 19 heavy (non-hydrogen) atoms. The maximum absolute atomic E-state index is 12.9. The lowest BCUT2D eigenvalue weighted by atomic mass is 9.94. The van der Waals surface area contributed by atoms with Crippen LogP contribution >= 0.6 is 0 Å². The van der Waals surface area contributed by atoms with E-state index >= 15 is 0 Å². The van der Waals surface area contributed by atoms with Crippen LogP contribution < -0.4 is 5.32 Å². The van der Waals surface area contributed by atoms with E-state index in [1.54, 1.807) is 0 Å². The van der Waals surface area contributed by atoms with Crippen molar-refractivity contribution in [2.45, 2.75) is 18.6 Å². The first kappa shape index (κ1) is 13.6. The summed E-state index contributed by atoms with van der Waals surface area (Å²) in [7, 11) is 0. The quantitative estimate of drug-likeness (QED) is 0.869. The Morgan fingerprint density at radius 2 is 2.00 bits per heavy atom. The number of aliphatic carboxylic acids is 1. The Morgan fingerprint density at radius 3 is 2.63 bits per heavy atom. The van der Waals surface area contributed by atoms with E-state index in [9.17, 15) is 18.0 Å². The van der Waals surface area contributed by atoms with E-state index in [-0.39, 0.29) is 11.1 Å². The molecular formula is C13H12F3NO2. The Morgan fingerprint density at radius 1 is 1.32 bits per heavy atom. The predicted molar refractivity (Wildman–Crippen MR) is 62.5 cm³/mol. The first-order chi connectivity index (χ1) is 8.89. The number of hydrogen-bond acceptors (Lipinski definition) is 2. The third kappa shape index (κ3) is 2.96. The minimum atomic E-state index is -4.45. The Balaban J connectivity index is 2.42. The van der Waals surface area contributed by atoms with Crippen molar-refractivity contribution in [3.8, 4) is 0 Å². The monoisotopic (exact) mass is 271 g/mol. The first-order valence-corrected chi connectivity index (χ1v) is 5.73. The standard InChI is InChI=1S/C13H12F3NO2/c14-13(15,16)10-4-2-1-3-9(10)11-7-8(12(18)19)5-6-17-11/h1-4,7,11,17H,5-6H2,(H,18,19). The van der Waals surface area contributed by atoms with Gasteiger partial charge in [-0.15, -0.1) is 0 Å². The number of halogens is 3. The van der Waals surface area contributed by atoms with Gasteiger partial charge in [-0.3, -0.25) is 0 Å². The summed E-state index contributed by atoms with van der Waals surface area (Å²) in [6.07, 6.45) is -2.80. The first-order valence-electron chi connectivity index (χ1n) is 5.73. The number of carbonyl (C=O) groups is 1. The molecule has 0 saturated carbocycles. The summed E-state index contributed by atoms with van der Waals surface area (Å²) < 4.78 is 38.7. The molecule has 0 fully saturated rings. The van der Waals surface area contributed by atoms with Gasteiger partial charge in [0.2, 0.25) is 0 Å². The normalized spacial score (nSPS) is 19.9. The molecule has 1 unspecified atom stereocenters. The van der Waals surface area contributed by atoms with Crippen LogP contribution in [0.15, 0.2) is 35.9 Å². The molecule has 1 aromatic carbocycles. The zero-order valence-electron chi connectivity index (χ0n) is 9.87. The zero-order valence-corrected chi connectivity index (χ0v) is 9.87. The molecule has 0 bridgehead atoms. The van der Waals surface area contributed by atoms with E-state index in [1.807, 2.05) is 0 Å². The molecule has 3 nitrogen and oxygen atoms in total. The van der Waals surface area contributed by atoms with E-state index in [0.717, 1.165) is 6.07 Å². The Kier molecular flexibility index (Phi) is 3.61. The second kappa shape index (κ2) is 5.05. The molecule has 1 aromatic rings. The molecule has 0 amide bonds. The molecule has 0 aromatic heterocycles. The lowest BCUT2D eigenvalue weighted by Gasteiger charge is -2.24. The molecule has 0 radical (unpaired) electrons. The number of carboxylic acid groups (broad SMARTS) is 1. The third-order valence-corrected chi connectivity index (χ3v) is 3.00. The highest BCUT2D eigenvalue weighted by molar-refractivity contribution is 5.87. The van der Waals surface area contributed by atoms with Crippen molar-refractivity contribution in [3.63, 3.8) is 0 Å². The lowest BCUT2D eigenvalue weighted by Crippen LogP contribution is -2.29. The second-order valence-electron chi connectivity index (χ2n) is 4.26. The van der Waals surface area contributed by atoms with E-state index in [4.69, 9.17) is 5.11 Å². The summed E-state index contributed by atoms with van der Waals surface area (Å²) >= 11 is 0. The van der Waals surface area contributed by atoms with Crippen LogP contribution in [0.2, 0.25) is 0 Å². The molecule has 6 heteroatoms. The Hall–Kier alpha value is -1.82. The lowest BCUT2D eigenvalue weighted by molar-refractivity contribution is -0.138.